The van der Waals surface area contributed by atoms with Gasteiger partial charge in [-0.05, 0) is 49.0 Å². The fourth-order valence-electron chi connectivity index (χ4n) is 2.53. The van der Waals surface area contributed by atoms with Crippen molar-refractivity contribution in [1.82, 2.24) is 4.98 Å². The summed E-state index contributed by atoms with van der Waals surface area (Å²) in [4.78, 5) is 5.98. The average molecular weight is 296 g/mol. The fraction of sp³-hybridized carbons (Fsp3) is 0.294. The molecule has 0 saturated heterocycles. The smallest absolute Gasteiger partial charge is 0.134 e. The summed E-state index contributed by atoms with van der Waals surface area (Å²) in [6, 6.07) is 9.08. The van der Waals surface area contributed by atoms with Gasteiger partial charge in [0.2, 0.25) is 0 Å². The van der Waals surface area contributed by atoms with Crippen LogP contribution in [0.2, 0.25) is 0 Å². The van der Waals surface area contributed by atoms with Gasteiger partial charge < -0.3 is 5.11 Å². The van der Waals surface area contributed by atoms with Gasteiger partial charge in [-0.1, -0.05) is 19.1 Å². The first kappa shape index (κ1) is 13.8. The average Bonchev–Trinajstić information content (AvgIpc) is 2.89. The lowest BCUT2D eigenvalue weighted by Crippen LogP contribution is -2.09. The Morgan fingerprint density at radius 2 is 2.19 bits per heavy atom. The maximum absolute atomic E-state index is 9.41. The highest BCUT2D eigenvalue weighted by Gasteiger charge is 2.20. The Morgan fingerprint density at radius 1 is 1.43 bits per heavy atom. The second-order valence-corrected chi connectivity index (χ2v) is 6.58. The maximum atomic E-state index is 9.41. The van der Waals surface area contributed by atoms with Gasteiger partial charge in [0.05, 0.1) is 11.3 Å². The van der Waals surface area contributed by atoms with Crippen LogP contribution >= 0.6 is 11.3 Å². The van der Waals surface area contributed by atoms with Crippen LogP contribution in [0.3, 0.4) is 0 Å². The molecule has 3 rings (SSSR count). The van der Waals surface area contributed by atoms with Crippen LogP contribution in [0.5, 0.6) is 5.75 Å². The van der Waals surface area contributed by atoms with E-state index in [1.807, 2.05) is 6.08 Å². The Hall–Kier alpha value is -2.12. The van der Waals surface area contributed by atoms with Gasteiger partial charge in [0.1, 0.15) is 16.8 Å². The molecule has 4 heteroatoms. The van der Waals surface area contributed by atoms with Crippen LogP contribution in [0.4, 0.5) is 0 Å². The minimum atomic E-state index is 0.226. The molecule has 2 aromatic rings. The second-order valence-electron chi connectivity index (χ2n) is 5.50. The minimum absolute atomic E-state index is 0.226. The van der Waals surface area contributed by atoms with E-state index < -0.39 is 0 Å². The number of allylic oxidation sites excluding steroid dienone is 1. The normalized spacial score (nSPS) is 18.1. The van der Waals surface area contributed by atoms with Crippen molar-refractivity contribution in [3.8, 4) is 11.8 Å². The number of benzene rings is 1. The lowest BCUT2D eigenvalue weighted by atomic mass is 9.93. The molecule has 0 spiro atoms. The Bertz CT molecular complexity index is 722. The number of rotatable bonds is 2. The molecular formula is C17H16N2OS. The van der Waals surface area contributed by atoms with Crippen LogP contribution in [0.15, 0.2) is 24.3 Å². The van der Waals surface area contributed by atoms with Crippen molar-refractivity contribution in [2.24, 2.45) is 5.92 Å². The summed E-state index contributed by atoms with van der Waals surface area (Å²) in [7, 11) is 0. The van der Waals surface area contributed by atoms with Gasteiger partial charge in [-0.15, -0.1) is 11.3 Å². The largest absolute Gasteiger partial charge is 0.508 e. The van der Waals surface area contributed by atoms with Gasteiger partial charge in [0, 0.05) is 4.88 Å². The lowest BCUT2D eigenvalue weighted by Gasteiger charge is -2.15. The predicted octanol–water partition coefficient (Wildman–Crippen LogP) is 4.04. The molecule has 1 aromatic carbocycles. The molecule has 0 saturated carbocycles. The van der Waals surface area contributed by atoms with E-state index in [4.69, 9.17) is 0 Å². The van der Waals surface area contributed by atoms with Gasteiger partial charge in [-0.2, -0.15) is 5.26 Å². The Balaban J connectivity index is 1.94. The topological polar surface area (TPSA) is 56.9 Å². The first-order valence-electron chi connectivity index (χ1n) is 7.05. The molecule has 1 aromatic heterocycles. The molecule has 1 N–H and O–H groups in total. The van der Waals surface area contributed by atoms with Crippen LogP contribution in [-0.4, -0.2) is 10.1 Å². The molecule has 0 aliphatic heterocycles. The Kier molecular flexibility index (Phi) is 3.76. The molecule has 3 nitrogen and oxygen atoms in total. The quantitative estimate of drug-likeness (QED) is 0.851. The summed E-state index contributed by atoms with van der Waals surface area (Å²) in [6.07, 6.45) is 5.10. The zero-order chi connectivity index (χ0) is 14.8. The van der Waals surface area contributed by atoms with Crippen molar-refractivity contribution in [3.05, 3.63) is 45.4 Å². The monoisotopic (exact) mass is 296 g/mol. The van der Waals surface area contributed by atoms with Crippen molar-refractivity contribution in [2.75, 3.05) is 0 Å². The molecule has 0 amide bonds. The van der Waals surface area contributed by atoms with Crippen LogP contribution in [-0.2, 0) is 12.8 Å². The van der Waals surface area contributed by atoms with Gasteiger partial charge in [-0.25, -0.2) is 4.98 Å². The number of hydrogen-bond acceptors (Lipinski definition) is 4. The number of aromatic nitrogens is 1. The van der Waals surface area contributed by atoms with E-state index in [9.17, 15) is 10.4 Å². The van der Waals surface area contributed by atoms with Gasteiger partial charge in [0.15, 0.2) is 0 Å². The minimum Gasteiger partial charge on any atom is -0.508 e. The SMILES string of the molecule is CC1CCc2nc(/C(C#N)=C/c3ccc(O)cc3)sc2C1. The summed E-state index contributed by atoms with van der Waals surface area (Å²) < 4.78 is 0. The molecule has 1 heterocycles. The van der Waals surface area contributed by atoms with Crippen molar-refractivity contribution in [1.29, 1.82) is 5.26 Å². The van der Waals surface area contributed by atoms with E-state index in [0.717, 1.165) is 23.4 Å². The highest BCUT2D eigenvalue weighted by Crippen LogP contribution is 2.33. The van der Waals surface area contributed by atoms with Gasteiger partial charge >= 0.3 is 0 Å². The van der Waals surface area contributed by atoms with Crippen molar-refractivity contribution in [2.45, 2.75) is 26.2 Å². The molecule has 1 aliphatic carbocycles. The molecule has 1 unspecified atom stereocenters. The molecule has 1 aliphatic rings. The number of nitriles is 1. The van der Waals surface area contributed by atoms with E-state index >= 15 is 0 Å². The number of nitrogens with zero attached hydrogens (tertiary/aromatic N) is 2. The van der Waals surface area contributed by atoms with E-state index in [1.165, 1.54) is 17.0 Å². The van der Waals surface area contributed by atoms with Crippen LogP contribution in [0.1, 0.15) is 34.5 Å². The summed E-state index contributed by atoms with van der Waals surface area (Å²) in [5.74, 6) is 0.932. The lowest BCUT2D eigenvalue weighted by molar-refractivity contribution is 0.475. The summed E-state index contributed by atoms with van der Waals surface area (Å²) in [5, 5.41) is 19.5. The van der Waals surface area contributed by atoms with Gasteiger partial charge in [-0.3, -0.25) is 0 Å². The van der Waals surface area contributed by atoms with E-state index in [-0.39, 0.29) is 5.75 Å². The first-order valence-corrected chi connectivity index (χ1v) is 7.87. The third-order valence-corrected chi connectivity index (χ3v) is 4.89. The zero-order valence-corrected chi connectivity index (χ0v) is 12.7. The number of aromatic hydroxyl groups is 1. The molecule has 0 fully saturated rings. The van der Waals surface area contributed by atoms with Crippen molar-refractivity contribution in [3.63, 3.8) is 0 Å². The maximum Gasteiger partial charge on any atom is 0.134 e. The van der Waals surface area contributed by atoms with Gasteiger partial charge in [0.25, 0.3) is 0 Å². The Morgan fingerprint density at radius 3 is 2.90 bits per heavy atom. The van der Waals surface area contributed by atoms with Crippen LogP contribution in [0, 0.1) is 17.2 Å². The summed E-state index contributed by atoms with van der Waals surface area (Å²) in [6.45, 7) is 2.26. The third kappa shape index (κ3) is 2.98. The number of fused-ring (bicyclic) bond motifs is 1. The van der Waals surface area contributed by atoms with Crippen molar-refractivity contribution < 1.29 is 5.11 Å². The summed E-state index contributed by atoms with van der Waals surface area (Å²) in [5.41, 5.74) is 2.65. The fourth-order valence-corrected chi connectivity index (χ4v) is 3.77. The predicted molar refractivity (Wildman–Crippen MR) is 84.9 cm³/mol. The highest BCUT2D eigenvalue weighted by atomic mass is 32.1. The molecule has 0 radical (unpaired) electrons. The molecule has 1 atom stereocenters. The number of phenolic OH excluding ortho intramolecular Hbond substituents is 1. The van der Waals surface area contributed by atoms with E-state index in [0.29, 0.717) is 11.5 Å². The standard InChI is InChI=1S/C17H16N2OS/c1-11-2-7-15-16(8-11)21-17(19-15)13(10-18)9-12-3-5-14(20)6-4-12/h3-6,9,11,20H,2,7-8H2,1H3/b13-9+. The highest BCUT2D eigenvalue weighted by molar-refractivity contribution is 7.13. The van der Waals surface area contributed by atoms with E-state index in [2.05, 4.69) is 18.0 Å². The summed E-state index contributed by atoms with van der Waals surface area (Å²) >= 11 is 1.64. The van der Waals surface area contributed by atoms with Crippen LogP contribution < -0.4 is 0 Å². The number of thiazole rings is 1. The number of phenols is 1. The zero-order valence-electron chi connectivity index (χ0n) is 11.8. The van der Waals surface area contributed by atoms with Crippen LogP contribution in [0.25, 0.3) is 11.6 Å². The molecule has 21 heavy (non-hydrogen) atoms. The third-order valence-electron chi connectivity index (χ3n) is 3.74. The van der Waals surface area contributed by atoms with Crippen molar-refractivity contribution >= 4 is 23.0 Å². The number of aryl methyl sites for hydroxylation is 1. The molecular weight excluding hydrogens is 280 g/mol. The first-order chi connectivity index (χ1) is 10.2. The Labute approximate surface area is 128 Å². The molecule has 106 valence electrons. The van der Waals surface area contributed by atoms with E-state index in [1.54, 1.807) is 35.6 Å². The number of hydrogen-bond donors (Lipinski definition) is 1. The second kappa shape index (κ2) is 5.71. The molecule has 0 bridgehead atoms.